The molecule has 1 atom stereocenters. The van der Waals surface area contributed by atoms with E-state index < -0.39 is 18.3 Å². The molecule has 0 aliphatic carbocycles. The number of rotatable bonds is 5. The van der Waals surface area contributed by atoms with Crippen molar-refractivity contribution in [3.05, 3.63) is 0 Å². The Kier molecular flexibility index (Phi) is 7.08. The number of nitrogens with one attached hydrogen (secondary N) is 2. The number of amides is 2. The van der Waals surface area contributed by atoms with E-state index in [9.17, 15) is 14.7 Å². The SMILES string of the molecule is CCNC(=O)OCC(O)COC(=O)NC. The molecular weight excluding hydrogens is 204 g/mol. The minimum Gasteiger partial charge on any atom is -0.447 e. The number of aliphatic hydroxyl groups excluding tert-OH is 1. The van der Waals surface area contributed by atoms with Gasteiger partial charge >= 0.3 is 12.2 Å². The van der Waals surface area contributed by atoms with E-state index in [0.717, 1.165) is 0 Å². The highest BCUT2D eigenvalue weighted by Gasteiger charge is 2.10. The number of aliphatic hydroxyl groups is 1. The molecule has 7 heteroatoms. The highest BCUT2D eigenvalue weighted by Crippen LogP contribution is 1.89. The molecule has 0 fully saturated rings. The van der Waals surface area contributed by atoms with Crippen LogP contribution in [0.1, 0.15) is 6.92 Å². The second kappa shape index (κ2) is 7.86. The first-order valence-electron chi connectivity index (χ1n) is 4.53. The van der Waals surface area contributed by atoms with Crippen molar-refractivity contribution >= 4 is 12.2 Å². The summed E-state index contributed by atoms with van der Waals surface area (Å²) in [5.74, 6) is 0. The fraction of sp³-hybridized carbons (Fsp3) is 0.750. The summed E-state index contributed by atoms with van der Waals surface area (Å²) in [6, 6.07) is 0. The van der Waals surface area contributed by atoms with Gasteiger partial charge in [0.05, 0.1) is 0 Å². The van der Waals surface area contributed by atoms with Gasteiger partial charge in [0, 0.05) is 13.6 Å². The van der Waals surface area contributed by atoms with Gasteiger partial charge < -0.3 is 25.2 Å². The van der Waals surface area contributed by atoms with E-state index in [1.54, 1.807) is 6.92 Å². The Morgan fingerprint density at radius 1 is 1.27 bits per heavy atom. The molecule has 3 N–H and O–H groups in total. The number of ether oxygens (including phenoxy) is 2. The molecule has 0 rings (SSSR count). The molecule has 0 aliphatic rings. The zero-order valence-electron chi connectivity index (χ0n) is 8.78. The Hall–Kier alpha value is -1.50. The Morgan fingerprint density at radius 3 is 2.27 bits per heavy atom. The molecule has 7 nitrogen and oxygen atoms in total. The van der Waals surface area contributed by atoms with Crippen molar-refractivity contribution < 1.29 is 24.2 Å². The lowest BCUT2D eigenvalue weighted by Crippen LogP contribution is -2.31. The number of hydrogen-bond donors (Lipinski definition) is 3. The molecular formula is C8H16N2O5. The van der Waals surface area contributed by atoms with Crippen molar-refractivity contribution in [2.24, 2.45) is 0 Å². The van der Waals surface area contributed by atoms with Crippen molar-refractivity contribution in [3.63, 3.8) is 0 Å². The van der Waals surface area contributed by atoms with Gasteiger partial charge in [0.2, 0.25) is 0 Å². The molecule has 0 saturated carbocycles. The summed E-state index contributed by atoms with van der Waals surface area (Å²) >= 11 is 0. The highest BCUT2D eigenvalue weighted by atomic mass is 16.6. The first-order valence-corrected chi connectivity index (χ1v) is 4.53. The lowest BCUT2D eigenvalue weighted by atomic mass is 10.4. The quantitative estimate of drug-likeness (QED) is 0.577. The molecule has 0 heterocycles. The topological polar surface area (TPSA) is 96.9 Å². The fourth-order valence-corrected chi connectivity index (χ4v) is 0.659. The molecule has 15 heavy (non-hydrogen) atoms. The first-order chi connectivity index (χ1) is 7.10. The monoisotopic (exact) mass is 220 g/mol. The van der Waals surface area contributed by atoms with Gasteiger partial charge in [-0.2, -0.15) is 0 Å². The summed E-state index contributed by atoms with van der Waals surface area (Å²) in [5, 5.41) is 13.8. The summed E-state index contributed by atoms with van der Waals surface area (Å²) in [5.41, 5.74) is 0. The molecule has 0 spiro atoms. The third-order valence-corrected chi connectivity index (χ3v) is 1.34. The molecule has 1 unspecified atom stereocenters. The van der Waals surface area contributed by atoms with Crippen LogP contribution in [0.3, 0.4) is 0 Å². The van der Waals surface area contributed by atoms with Gasteiger partial charge in [0.15, 0.2) is 0 Å². The standard InChI is InChI=1S/C8H16N2O5/c1-3-10-8(13)15-5-6(11)4-14-7(12)9-2/h6,11H,3-5H2,1-2H3,(H,9,12)(H,10,13). The zero-order valence-corrected chi connectivity index (χ0v) is 8.78. The second-order valence-electron chi connectivity index (χ2n) is 2.63. The highest BCUT2D eigenvalue weighted by molar-refractivity contribution is 5.67. The maximum absolute atomic E-state index is 10.8. The Balaban J connectivity index is 3.52. The van der Waals surface area contributed by atoms with Crippen LogP contribution in [-0.2, 0) is 9.47 Å². The number of carbonyl (C=O) groups excluding carboxylic acids is 2. The molecule has 0 aromatic heterocycles. The Morgan fingerprint density at radius 2 is 1.80 bits per heavy atom. The predicted molar refractivity (Wildman–Crippen MR) is 51.4 cm³/mol. The van der Waals surface area contributed by atoms with E-state index >= 15 is 0 Å². The van der Waals surface area contributed by atoms with Crippen molar-refractivity contribution in [2.75, 3.05) is 26.8 Å². The average Bonchev–Trinajstić information content (AvgIpc) is 2.23. The molecule has 0 aliphatic heterocycles. The van der Waals surface area contributed by atoms with Gasteiger partial charge in [-0.05, 0) is 6.92 Å². The normalized spacial score (nSPS) is 11.4. The van der Waals surface area contributed by atoms with E-state index in [0.29, 0.717) is 6.54 Å². The van der Waals surface area contributed by atoms with Crippen LogP contribution in [0.5, 0.6) is 0 Å². The van der Waals surface area contributed by atoms with E-state index in [-0.39, 0.29) is 13.2 Å². The largest absolute Gasteiger partial charge is 0.447 e. The van der Waals surface area contributed by atoms with Gasteiger partial charge in [0.1, 0.15) is 19.3 Å². The maximum atomic E-state index is 10.8. The molecule has 0 radical (unpaired) electrons. The first kappa shape index (κ1) is 13.5. The molecule has 0 aromatic rings. The lowest BCUT2D eigenvalue weighted by molar-refractivity contribution is 0.0233. The molecule has 88 valence electrons. The second-order valence-corrected chi connectivity index (χ2v) is 2.63. The fourth-order valence-electron chi connectivity index (χ4n) is 0.659. The van der Waals surface area contributed by atoms with Crippen LogP contribution < -0.4 is 10.6 Å². The maximum Gasteiger partial charge on any atom is 0.407 e. The summed E-state index contributed by atoms with van der Waals surface area (Å²) in [6.45, 7) is 1.75. The summed E-state index contributed by atoms with van der Waals surface area (Å²) in [6.07, 6.45) is -2.28. The Bertz CT molecular complexity index is 209. The van der Waals surface area contributed by atoms with Crippen LogP contribution in [0.4, 0.5) is 9.59 Å². The third-order valence-electron chi connectivity index (χ3n) is 1.34. The van der Waals surface area contributed by atoms with Gasteiger partial charge in [-0.15, -0.1) is 0 Å². The van der Waals surface area contributed by atoms with E-state index in [2.05, 4.69) is 20.1 Å². The van der Waals surface area contributed by atoms with Crippen LogP contribution >= 0.6 is 0 Å². The average molecular weight is 220 g/mol. The Labute approximate surface area is 87.7 Å². The summed E-state index contributed by atoms with van der Waals surface area (Å²) in [4.78, 5) is 21.4. The van der Waals surface area contributed by atoms with Crippen LogP contribution in [-0.4, -0.2) is 50.2 Å². The van der Waals surface area contributed by atoms with Crippen molar-refractivity contribution in [2.45, 2.75) is 13.0 Å². The van der Waals surface area contributed by atoms with E-state index in [1.165, 1.54) is 7.05 Å². The zero-order chi connectivity index (χ0) is 11.7. The summed E-state index contributed by atoms with van der Waals surface area (Å²) < 4.78 is 9.13. The molecule has 0 saturated heterocycles. The van der Waals surface area contributed by atoms with Gasteiger partial charge in [0.25, 0.3) is 0 Å². The molecule has 0 aromatic carbocycles. The van der Waals surface area contributed by atoms with E-state index in [1.807, 2.05) is 0 Å². The minimum atomic E-state index is -1.02. The third kappa shape index (κ3) is 7.56. The van der Waals surface area contributed by atoms with E-state index in [4.69, 9.17) is 0 Å². The number of carbonyl (C=O) groups is 2. The van der Waals surface area contributed by atoms with Crippen LogP contribution in [0.15, 0.2) is 0 Å². The molecule has 2 amide bonds. The van der Waals surface area contributed by atoms with Crippen LogP contribution in [0, 0.1) is 0 Å². The smallest absolute Gasteiger partial charge is 0.407 e. The number of alkyl carbamates (subject to hydrolysis) is 2. The number of hydrogen-bond acceptors (Lipinski definition) is 5. The van der Waals surface area contributed by atoms with Crippen molar-refractivity contribution in [3.8, 4) is 0 Å². The van der Waals surface area contributed by atoms with Crippen LogP contribution in [0.2, 0.25) is 0 Å². The van der Waals surface area contributed by atoms with Gasteiger partial charge in [-0.1, -0.05) is 0 Å². The van der Waals surface area contributed by atoms with Crippen molar-refractivity contribution in [1.29, 1.82) is 0 Å². The lowest BCUT2D eigenvalue weighted by Gasteiger charge is -2.11. The minimum absolute atomic E-state index is 0.219. The predicted octanol–water partition coefficient (Wildman–Crippen LogP) is -0.551. The van der Waals surface area contributed by atoms with Gasteiger partial charge in [-0.3, -0.25) is 0 Å². The van der Waals surface area contributed by atoms with Crippen molar-refractivity contribution in [1.82, 2.24) is 10.6 Å². The van der Waals surface area contributed by atoms with Gasteiger partial charge in [-0.25, -0.2) is 9.59 Å². The van der Waals surface area contributed by atoms with Crippen LogP contribution in [0.25, 0.3) is 0 Å². The molecule has 0 bridgehead atoms. The summed E-state index contributed by atoms with van der Waals surface area (Å²) in [7, 11) is 1.40.